The molecule has 0 saturated heterocycles. The first-order chi connectivity index (χ1) is 8.97. The number of carbonyl (C=O) groups is 1. The molecule has 0 bridgehead atoms. The number of amides is 1. The molecule has 0 fully saturated rings. The van der Waals surface area contributed by atoms with Crippen molar-refractivity contribution in [1.29, 1.82) is 0 Å². The Morgan fingerprint density at radius 1 is 1.05 bits per heavy atom. The number of hydrogen-bond acceptors (Lipinski definition) is 3. The van der Waals surface area contributed by atoms with Crippen molar-refractivity contribution in [2.45, 2.75) is 0 Å². The summed E-state index contributed by atoms with van der Waals surface area (Å²) in [6.07, 6.45) is 0. The Kier molecular flexibility index (Phi) is 3.64. The van der Waals surface area contributed by atoms with Gasteiger partial charge in [-0.2, -0.15) is 0 Å². The Labute approximate surface area is 109 Å². The number of halogens is 1. The fraction of sp³-hybridized carbons (Fsp3) is 0. The molecule has 96 valence electrons. The highest BCUT2D eigenvalue weighted by Crippen LogP contribution is 2.20. The van der Waals surface area contributed by atoms with E-state index in [-0.39, 0.29) is 5.46 Å². The van der Waals surface area contributed by atoms with Crippen molar-refractivity contribution in [3.8, 4) is 11.1 Å². The maximum atomic E-state index is 13.4. The molecule has 0 aromatic heterocycles. The van der Waals surface area contributed by atoms with Crippen LogP contribution in [-0.2, 0) is 0 Å². The first-order valence-corrected chi connectivity index (χ1v) is 5.54. The normalized spacial score (nSPS) is 10.3. The zero-order valence-electron chi connectivity index (χ0n) is 9.88. The highest BCUT2D eigenvalue weighted by Gasteiger charge is 2.14. The van der Waals surface area contributed by atoms with Crippen LogP contribution in [0.1, 0.15) is 10.4 Å². The minimum atomic E-state index is -1.74. The molecule has 0 aliphatic rings. The molecule has 1 amide bonds. The molecular weight excluding hydrogens is 248 g/mol. The maximum Gasteiger partial charge on any atom is 0.488 e. The van der Waals surface area contributed by atoms with Gasteiger partial charge in [0.1, 0.15) is 5.82 Å². The topological polar surface area (TPSA) is 83.6 Å². The second-order valence-electron chi connectivity index (χ2n) is 4.09. The molecule has 4 nitrogen and oxygen atoms in total. The van der Waals surface area contributed by atoms with Crippen LogP contribution in [0.4, 0.5) is 4.39 Å². The average Bonchev–Trinajstić information content (AvgIpc) is 2.38. The lowest BCUT2D eigenvalue weighted by Gasteiger charge is -2.06. The number of hydrogen-bond donors (Lipinski definition) is 3. The van der Waals surface area contributed by atoms with Crippen molar-refractivity contribution >= 4 is 18.5 Å². The third-order valence-corrected chi connectivity index (χ3v) is 2.72. The van der Waals surface area contributed by atoms with E-state index in [1.165, 1.54) is 24.3 Å². The molecule has 0 aliphatic heterocycles. The highest BCUT2D eigenvalue weighted by molar-refractivity contribution is 6.58. The van der Waals surface area contributed by atoms with E-state index in [9.17, 15) is 9.18 Å². The molecule has 2 aromatic carbocycles. The molecule has 2 rings (SSSR count). The standard InChI is InChI=1S/C13H11BFNO3/c15-12-6-10(5-11(7-12)14(18)19)8-1-3-9(4-2-8)13(16)17/h1-7,18-19H,(H2,16,17). The van der Waals surface area contributed by atoms with E-state index in [4.69, 9.17) is 15.8 Å². The van der Waals surface area contributed by atoms with E-state index in [1.54, 1.807) is 12.1 Å². The van der Waals surface area contributed by atoms with E-state index in [0.29, 0.717) is 16.7 Å². The van der Waals surface area contributed by atoms with Crippen LogP contribution < -0.4 is 11.2 Å². The molecule has 0 aliphatic carbocycles. The molecule has 0 heterocycles. The van der Waals surface area contributed by atoms with Gasteiger partial charge in [-0.1, -0.05) is 18.2 Å². The SMILES string of the molecule is NC(=O)c1ccc(-c2cc(F)cc(B(O)O)c2)cc1. The molecule has 0 atom stereocenters. The van der Waals surface area contributed by atoms with Crippen molar-refractivity contribution in [3.63, 3.8) is 0 Å². The summed E-state index contributed by atoms with van der Waals surface area (Å²) >= 11 is 0. The quantitative estimate of drug-likeness (QED) is 0.692. The van der Waals surface area contributed by atoms with Gasteiger partial charge in [0, 0.05) is 5.56 Å². The summed E-state index contributed by atoms with van der Waals surface area (Å²) in [6.45, 7) is 0. The summed E-state index contributed by atoms with van der Waals surface area (Å²) in [4.78, 5) is 10.9. The molecular formula is C13H11BFNO3. The molecule has 0 radical (unpaired) electrons. The fourth-order valence-corrected chi connectivity index (χ4v) is 1.76. The first-order valence-electron chi connectivity index (χ1n) is 5.54. The van der Waals surface area contributed by atoms with Gasteiger partial charge in [-0.15, -0.1) is 0 Å². The van der Waals surface area contributed by atoms with Gasteiger partial charge in [0.25, 0.3) is 0 Å². The van der Waals surface area contributed by atoms with E-state index in [1.807, 2.05) is 0 Å². The molecule has 0 saturated carbocycles. The monoisotopic (exact) mass is 259 g/mol. The van der Waals surface area contributed by atoms with Crippen LogP contribution >= 0.6 is 0 Å². The Morgan fingerprint density at radius 3 is 2.21 bits per heavy atom. The van der Waals surface area contributed by atoms with E-state index in [2.05, 4.69) is 0 Å². The van der Waals surface area contributed by atoms with Crippen LogP contribution in [0.15, 0.2) is 42.5 Å². The summed E-state index contributed by atoms with van der Waals surface area (Å²) in [6, 6.07) is 10.1. The third-order valence-electron chi connectivity index (χ3n) is 2.72. The summed E-state index contributed by atoms with van der Waals surface area (Å²) in [5, 5.41) is 18.1. The van der Waals surface area contributed by atoms with Gasteiger partial charge >= 0.3 is 7.12 Å². The van der Waals surface area contributed by atoms with Crippen molar-refractivity contribution in [1.82, 2.24) is 0 Å². The second-order valence-corrected chi connectivity index (χ2v) is 4.09. The van der Waals surface area contributed by atoms with Gasteiger partial charge in [0.2, 0.25) is 5.91 Å². The molecule has 6 heteroatoms. The molecule has 0 unspecified atom stereocenters. The lowest BCUT2D eigenvalue weighted by atomic mass is 9.79. The summed E-state index contributed by atoms with van der Waals surface area (Å²) < 4.78 is 13.4. The van der Waals surface area contributed by atoms with E-state index >= 15 is 0 Å². The first kappa shape index (κ1) is 13.3. The minimum Gasteiger partial charge on any atom is -0.423 e. The van der Waals surface area contributed by atoms with Gasteiger partial charge in [-0.3, -0.25) is 4.79 Å². The van der Waals surface area contributed by atoms with Crippen LogP contribution in [0.5, 0.6) is 0 Å². The summed E-state index contributed by atoms with van der Waals surface area (Å²) in [5.74, 6) is -1.11. The van der Waals surface area contributed by atoms with Crippen molar-refractivity contribution < 1.29 is 19.2 Å². The fourth-order valence-electron chi connectivity index (χ4n) is 1.76. The summed E-state index contributed by atoms with van der Waals surface area (Å²) in [7, 11) is -1.74. The number of rotatable bonds is 3. The highest BCUT2D eigenvalue weighted by atomic mass is 19.1. The second kappa shape index (κ2) is 5.21. The largest absolute Gasteiger partial charge is 0.488 e. The molecule has 2 aromatic rings. The van der Waals surface area contributed by atoms with Gasteiger partial charge < -0.3 is 15.8 Å². The Bertz CT molecular complexity index is 614. The van der Waals surface area contributed by atoms with Crippen LogP contribution in [-0.4, -0.2) is 23.1 Å². The lowest BCUT2D eigenvalue weighted by Crippen LogP contribution is -2.30. The predicted octanol–water partition coefficient (Wildman–Crippen LogP) is 0.271. The van der Waals surface area contributed by atoms with Crippen molar-refractivity contribution in [2.24, 2.45) is 5.73 Å². The van der Waals surface area contributed by atoms with Crippen LogP contribution in [0, 0.1) is 5.82 Å². The zero-order valence-corrected chi connectivity index (χ0v) is 9.88. The van der Waals surface area contributed by atoms with E-state index in [0.717, 1.165) is 6.07 Å². The lowest BCUT2D eigenvalue weighted by molar-refractivity contribution is 0.100. The molecule has 0 spiro atoms. The van der Waals surface area contributed by atoms with Crippen molar-refractivity contribution in [3.05, 3.63) is 53.8 Å². The number of carbonyl (C=O) groups excluding carboxylic acids is 1. The molecule has 4 N–H and O–H groups in total. The number of primary amides is 1. The predicted molar refractivity (Wildman–Crippen MR) is 70.2 cm³/mol. The van der Waals surface area contributed by atoms with Crippen LogP contribution in [0.3, 0.4) is 0 Å². The number of nitrogens with two attached hydrogens (primary N) is 1. The maximum absolute atomic E-state index is 13.4. The summed E-state index contributed by atoms with van der Waals surface area (Å²) in [5.41, 5.74) is 6.67. The Morgan fingerprint density at radius 2 is 1.68 bits per heavy atom. The Hall–Kier alpha value is -2.18. The van der Waals surface area contributed by atoms with Gasteiger partial charge in [0.05, 0.1) is 0 Å². The minimum absolute atomic E-state index is 0.0639. The van der Waals surface area contributed by atoms with Crippen LogP contribution in [0.2, 0.25) is 0 Å². The number of benzene rings is 2. The van der Waals surface area contributed by atoms with Gasteiger partial charge in [-0.25, -0.2) is 4.39 Å². The zero-order chi connectivity index (χ0) is 14.0. The Balaban J connectivity index is 2.43. The third kappa shape index (κ3) is 2.99. The van der Waals surface area contributed by atoms with E-state index < -0.39 is 18.8 Å². The van der Waals surface area contributed by atoms with Gasteiger partial charge in [-0.05, 0) is 40.9 Å². The average molecular weight is 259 g/mol. The molecule has 19 heavy (non-hydrogen) atoms. The van der Waals surface area contributed by atoms with Gasteiger partial charge in [0.15, 0.2) is 0 Å². The smallest absolute Gasteiger partial charge is 0.423 e. The van der Waals surface area contributed by atoms with Crippen LogP contribution in [0.25, 0.3) is 11.1 Å². The van der Waals surface area contributed by atoms with Crippen molar-refractivity contribution in [2.75, 3.05) is 0 Å².